The second-order valence-corrected chi connectivity index (χ2v) is 19.8. The molecule has 2 N–H and O–H groups in total. The molecule has 3 fully saturated rings. The van der Waals surface area contributed by atoms with Gasteiger partial charge in [0.25, 0.3) is 5.91 Å². The van der Waals surface area contributed by atoms with Gasteiger partial charge in [-0.05, 0) is 117 Å². The van der Waals surface area contributed by atoms with Gasteiger partial charge in [-0.25, -0.2) is 4.21 Å². The predicted molar refractivity (Wildman–Crippen MR) is 207 cm³/mol. The number of rotatable bonds is 2. The first kappa shape index (κ1) is 36.6. The lowest BCUT2D eigenvalue weighted by Crippen LogP contribution is -2.58. The number of piperidine rings is 1. The molecule has 2 bridgehead atoms. The van der Waals surface area contributed by atoms with Crippen molar-refractivity contribution in [2.75, 3.05) is 57.4 Å². The number of anilines is 1. The van der Waals surface area contributed by atoms with E-state index in [0.29, 0.717) is 38.3 Å². The van der Waals surface area contributed by atoms with Gasteiger partial charge in [-0.1, -0.05) is 31.0 Å². The lowest BCUT2D eigenvalue weighted by atomic mass is 9.62. The summed E-state index contributed by atoms with van der Waals surface area (Å²) in [5.74, 6) is 4.43. The average molecular weight is 754 g/mol. The average Bonchev–Trinajstić information content (AvgIpc) is 3.50. The van der Waals surface area contributed by atoms with Gasteiger partial charge in [-0.15, -0.1) is 0 Å². The van der Waals surface area contributed by atoms with E-state index >= 15 is 0 Å². The third-order valence-electron chi connectivity index (χ3n) is 13.7. The Morgan fingerprint density at radius 2 is 1.81 bits per heavy atom. The Morgan fingerprint density at radius 1 is 1.02 bits per heavy atom. The number of nitrogens with one attached hydrogen (secondary N) is 1. The summed E-state index contributed by atoms with van der Waals surface area (Å²) < 4.78 is 35.6. The van der Waals surface area contributed by atoms with Gasteiger partial charge in [0.05, 0.1) is 40.8 Å². The second kappa shape index (κ2) is 14.1. The Labute approximate surface area is 314 Å². The number of nitrogens with zero attached hydrogens (tertiary/aromatic N) is 2. The number of aryl methyl sites for hydroxylation is 1. The van der Waals surface area contributed by atoms with Crippen molar-refractivity contribution < 1.29 is 28.3 Å². The Balaban J connectivity index is 1.15. The third-order valence-corrected chi connectivity index (χ3v) is 16.2. The number of amides is 1. The van der Waals surface area contributed by atoms with Gasteiger partial charge in [0.2, 0.25) is 0 Å². The Morgan fingerprint density at radius 3 is 2.56 bits per heavy atom. The van der Waals surface area contributed by atoms with E-state index in [0.717, 1.165) is 100 Å². The van der Waals surface area contributed by atoms with Crippen LogP contribution in [-0.4, -0.2) is 95.2 Å². The number of carbonyl (C=O) groups excluding carboxylic acids is 1. The van der Waals surface area contributed by atoms with Gasteiger partial charge in [0.1, 0.15) is 5.75 Å². The number of hydrogen-bond acceptors (Lipinski definition) is 8. The van der Waals surface area contributed by atoms with E-state index < -0.39 is 21.1 Å². The molecule has 4 heterocycles. The van der Waals surface area contributed by atoms with Crippen LogP contribution in [0.1, 0.15) is 93.1 Å². The summed E-state index contributed by atoms with van der Waals surface area (Å²) in [5.41, 5.74) is 2.77. The Hall–Kier alpha value is -2.34. The molecule has 2 aromatic rings. The zero-order valence-electron chi connectivity index (χ0n) is 30.9. The molecular weight excluding hydrogens is 698 g/mol. The van der Waals surface area contributed by atoms with Crippen LogP contribution in [0.5, 0.6) is 5.75 Å². The van der Waals surface area contributed by atoms with Crippen molar-refractivity contribution in [2.45, 2.75) is 100 Å². The zero-order chi connectivity index (χ0) is 36.3. The first-order valence-electron chi connectivity index (χ1n) is 19.6. The van der Waals surface area contributed by atoms with Gasteiger partial charge in [0.15, 0.2) is 5.79 Å². The normalized spacial score (nSPS) is 36.6. The van der Waals surface area contributed by atoms with Gasteiger partial charge >= 0.3 is 0 Å². The standard InChI is InChI=1S/C41H56ClN3O6S/c1-28-6-4-15-40(47,26-44-18-16-41(17-19-44)50-20-21-51-41)35-11-8-32(35)24-45-25-39(14-5-7-30-22-33(42)10-12-34(30)39)27-49-37-13-9-31(23-36(37)45)38(46)43-52(3,48)29(28)2/h9-10,12-13,22-23,28-29,32,35,47H,3-8,11,14-21,24-27H2,1-2H3,(H,43,46,48)/t28-,29+,32-,35+,39-,40+,52?/m0/s1. The molecule has 2 aromatic carbocycles. The quantitative estimate of drug-likeness (QED) is 0.362. The van der Waals surface area contributed by atoms with Crippen molar-refractivity contribution in [1.82, 2.24) is 9.62 Å². The first-order valence-corrected chi connectivity index (χ1v) is 21.8. The van der Waals surface area contributed by atoms with E-state index in [2.05, 4.69) is 39.4 Å². The highest BCUT2D eigenvalue weighted by Crippen LogP contribution is 2.49. The summed E-state index contributed by atoms with van der Waals surface area (Å²) in [4.78, 5) is 18.6. The van der Waals surface area contributed by atoms with Crippen LogP contribution in [0.4, 0.5) is 5.69 Å². The van der Waals surface area contributed by atoms with E-state index in [1.54, 1.807) is 6.07 Å². The Kier molecular flexibility index (Phi) is 9.90. The van der Waals surface area contributed by atoms with E-state index in [4.69, 9.17) is 25.8 Å². The van der Waals surface area contributed by atoms with Crippen molar-refractivity contribution in [3.05, 3.63) is 58.1 Å². The summed E-state index contributed by atoms with van der Waals surface area (Å²) in [6, 6.07) is 11.9. The number of hydrogen-bond donors (Lipinski definition) is 2. The van der Waals surface area contributed by atoms with E-state index in [-0.39, 0.29) is 34.3 Å². The molecule has 4 aliphatic heterocycles. The predicted octanol–water partition coefficient (Wildman–Crippen LogP) is 5.98. The van der Waals surface area contributed by atoms with Crippen molar-refractivity contribution in [3.8, 4) is 5.75 Å². The summed E-state index contributed by atoms with van der Waals surface area (Å²) >= 11 is 6.50. The minimum Gasteiger partial charge on any atom is -0.490 e. The Bertz CT molecular complexity index is 1770. The van der Waals surface area contributed by atoms with Gasteiger partial charge < -0.3 is 29.1 Å². The summed E-state index contributed by atoms with van der Waals surface area (Å²) in [5, 5.41) is 13.3. The summed E-state index contributed by atoms with van der Waals surface area (Å²) in [6.45, 7) is 9.63. The molecule has 2 spiro atoms. The number of ether oxygens (including phenoxy) is 3. The van der Waals surface area contributed by atoms with Gasteiger partial charge in [-0.2, -0.15) is 0 Å². The lowest BCUT2D eigenvalue weighted by Gasteiger charge is -2.52. The molecule has 11 heteroatoms. The van der Waals surface area contributed by atoms with Crippen LogP contribution in [0.3, 0.4) is 0 Å². The molecule has 52 heavy (non-hydrogen) atoms. The number of fused-ring (bicyclic) bond motifs is 4. The SMILES string of the molecule is C=S1(=O)NC(=O)c2ccc3c(c2)N(C[C@@H]2CC[C@H]2[C@](O)(CN2CCC4(CC2)OCCO4)CCC[C@H](C)[C@H]1C)C[C@@]1(CCCc2cc(Cl)ccc21)CO3. The molecular formula is C41H56ClN3O6S. The van der Waals surface area contributed by atoms with E-state index in [9.17, 15) is 14.1 Å². The maximum Gasteiger partial charge on any atom is 0.262 e. The molecule has 1 unspecified atom stereocenters. The topological polar surface area (TPSA) is 101 Å². The number of aliphatic hydroxyl groups is 1. The van der Waals surface area contributed by atoms with E-state index in [1.807, 2.05) is 25.1 Å². The van der Waals surface area contributed by atoms with E-state index in [1.165, 1.54) is 11.1 Å². The molecule has 0 aromatic heterocycles. The van der Waals surface area contributed by atoms with Crippen LogP contribution in [0, 0.1) is 17.8 Å². The van der Waals surface area contributed by atoms with Crippen LogP contribution in [-0.2, 0) is 31.0 Å². The maximum atomic E-state index is 14.0. The molecule has 8 rings (SSSR count). The minimum absolute atomic E-state index is 0.0477. The van der Waals surface area contributed by atoms with Crippen molar-refractivity contribution in [1.29, 1.82) is 0 Å². The fourth-order valence-electron chi connectivity index (χ4n) is 10.3. The molecule has 9 nitrogen and oxygen atoms in total. The monoisotopic (exact) mass is 753 g/mol. The zero-order valence-corrected chi connectivity index (χ0v) is 32.5. The molecule has 6 aliphatic rings. The second-order valence-electron chi connectivity index (χ2n) is 17.0. The number of β-amino-alcohol motifs (C(OH)–C–C–N with tert-alkyl or cyclic N) is 1. The van der Waals surface area contributed by atoms with Crippen LogP contribution in [0.15, 0.2) is 36.4 Å². The van der Waals surface area contributed by atoms with Crippen molar-refractivity contribution in [3.63, 3.8) is 0 Å². The maximum absolute atomic E-state index is 14.0. The smallest absolute Gasteiger partial charge is 0.262 e. The molecule has 7 atom stereocenters. The lowest BCUT2D eigenvalue weighted by molar-refractivity contribution is -0.192. The van der Waals surface area contributed by atoms with Crippen LogP contribution < -0.4 is 14.4 Å². The third kappa shape index (κ3) is 6.90. The van der Waals surface area contributed by atoms with Crippen LogP contribution >= 0.6 is 11.6 Å². The molecule has 1 amide bonds. The number of carbonyl (C=O) groups is 1. The fraction of sp³-hybridized carbons (Fsp3) is 0.659. The highest BCUT2D eigenvalue weighted by Gasteiger charge is 2.50. The number of likely N-dealkylation sites (tertiary alicyclic amines) is 1. The summed E-state index contributed by atoms with van der Waals surface area (Å²) in [6.07, 6.45) is 8.95. The summed E-state index contributed by atoms with van der Waals surface area (Å²) in [7, 11) is -2.96. The fourth-order valence-corrected chi connectivity index (χ4v) is 12.0. The molecule has 1 saturated carbocycles. The minimum atomic E-state index is -2.96. The van der Waals surface area contributed by atoms with Crippen LogP contribution in [0.25, 0.3) is 0 Å². The molecule has 284 valence electrons. The largest absolute Gasteiger partial charge is 0.490 e. The number of benzene rings is 2. The molecule has 2 aliphatic carbocycles. The van der Waals surface area contributed by atoms with Gasteiger partial charge in [-0.3, -0.25) is 9.52 Å². The van der Waals surface area contributed by atoms with Gasteiger partial charge in [0, 0.05) is 66.8 Å². The molecule has 0 radical (unpaired) electrons. The first-order chi connectivity index (χ1) is 24.9. The van der Waals surface area contributed by atoms with Crippen LogP contribution in [0.2, 0.25) is 5.02 Å². The molecule has 2 saturated heterocycles. The highest BCUT2D eigenvalue weighted by atomic mass is 35.5. The highest BCUT2D eigenvalue weighted by molar-refractivity contribution is 7.99. The van der Waals surface area contributed by atoms with Crippen molar-refractivity contribution >= 4 is 38.8 Å². The number of halogens is 1. The van der Waals surface area contributed by atoms with Crippen molar-refractivity contribution in [2.24, 2.45) is 17.8 Å².